The van der Waals surface area contributed by atoms with Crippen molar-refractivity contribution in [1.82, 2.24) is 4.90 Å². The molecule has 0 bridgehead atoms. The van der Waals surface area contributed by atoms with Crippen molar-refractivity contribution in [2.75, 3.05) is 14.1 Å². The number of hydrogen-bond donors (Lipinski definition) is 0. The average molecular weight is 183 g/mol. The Bertz CT molecular complexity index is 125. The van der Waals surface area contributed by atoms with Crippen molar-refractivity contribution in [2.45, 2.75) is 57.9 Å². The highest BCUT2D eigenvalue weighted by Gasteiger charge is 2.23. The van der Waals surface area contributed by atoms with Crippen LogP contribution in [0.2, 0.25) is 0 Å². The second-order valence-corrected chi connectivity index (χ2v) is 4.72. The summed E-state index contributed by atoms with van der Waals surface area (Å²) in [5, 5.41) is 0. The molecule has 1 fully saturated rings. The van der Waals surface area contributed by atoms with E-state index in [1.165, 1.54) is 44.9 Å². The Balaban J connectivity index is 2.41. The first kappa shape index (κ1) is 11.0. The molecule has 1 nitrogen and oxygen atoms in total. The highest BCUT2D eigenvalue weighted by molar-refractivity contribution is 4.78. The van der Waals surface area contributed by atoms with Gasteiger partial charge in [-0.15, -0.1) is 0 Å². The van der Waals surface area contributed by atoms with Crippen LogP contribution < -0.4 is 0 Å². The van der Waals surface area contributed by atoms with Gasteiger partial charge in [0.15, 0.2) is 0 Å². The van der Waals surface area contributed by atoms with E-state index < -0.39 is 0 Å². The van der Waals surface area contributed by atoms with E-state index in [2.05, 4.69) is 25.9 Å². The van der Waals surface area contributed by atoms with Crippen molar-refractivity contribution in [3.8, 4) is 0 Å². The van der Waals surface area contributed by atoms with E-state index in [0.29, 0.717) is 0 Å². The van der Waals surface area contributed by atoms with Gasteiger partial charge < -0.3 is 4.90 Å². The van der Waals surface area contributed by atoms with Crippen LogP contribution in [0.15, 0.2) is 0 Å². The standard InChI is InChI=1S/C12H25N/c1-4-8-12(13(2)3)11-9-6-5-7-10-11/h11-12H,4-10H2,1-3H3/t12-/m1/s1. The van der Waals surface area contributed by atoms with Crippen molar-refractivity contribution in [3.63, 3.8) is 0 Å². The lowest BCUT2D eigenvalue weighted by molar-refractivity contribution is 0.159. The fraction of sp³-hybridized carbons (Fsp3) is 1.00. The topological polar surface area (TPSA) is 3.24 Å². The molecule has 0 aromatic heterocycles. The number of rotatable bonds is 4. The summed E-state index contributed by atoms with van der Waals surface area (Å²) >= 11 is 0. The first-order valence-corrected chi connectivity index (χ1v) is 5.92. The molecule has 0 amide bonds. The molecule has 1 rings (SSSR count). The Labute approximate surface area is 83.5 Å². The van der Waals surface area contributed by atoms with E-state index in [1.807, 2.05) is 0 Å². The first-order chi connectivity index (χ1) is 6.25. The minimum Gasteiger partial charge on any atom is -0.306 e. The zero-order chi connectivity index (χ0) is 9.68. The summed E-state index contributed by atoms with van der Waals surface area (Å²) in [6.45, 7) is 2.30. The summed E-state index contributed by atoms with van der Waals surface area (Å²) in [4.78, 5) is 2.44. The smallest absolute Gasteiger partial charge is 0.0117 e. The molecule has 1 heteroatoms. The molecule has 0 saturated heterocycles. The highest BCUT2D eigenvalue weighted by atomic mass is 15.1. The lowest BCUT2D eigenvalue weighted by Crippen LogP contribution is -2.36. The van der Waals surface area contributed by atoms with Crippen LogP contribution in [0.4, 0.5) is 0 Å². The lowest BCUT2D eigenvalue weighted by atomic mass is 9.82. The van der Waals surface area contributed by atoms with Gasteiger partial charge in [0.25, 0.3) is 0 Å². The molecule has 0 spiro atoms. The van der Waals surface area contributed by atoms with E-state index >= 15 is 0 Å². The Hall–Kier alpha value is -0.0400. The van der Waals surface area contributed by atoms with Gasteiger partial charge in [-0.05, 0) is 39.3 Å². The third kappa shape index (κ3) is 3.30. The fourth-order valence-electron chi connectivity index (χ4n) is 2.73. The van der Waals surface area contributed by atoms with Crippen molar-refractivity contribution in [1.29, 1.82) is 0 Å². The molecule has 1 saturated carbocycles. The van der Waals surface area contributed by atoms with E-state index in [4.69, 9.17) is 0 Å². The molecule has 13 heavy (non-hydrogen) atoms. The van der Waals surface area contributed by atoms with Crippen LogP contribution in [0, 0.1) is 5.92 Å². The van der Waals surface area contributed by atoms with Gasteiger partial charge >= 0.3 is 0 Å². The van der Waals surface area contributed by atoms with E-state index in [-0.39, 0.29) is 0 Å². The van der Waals surface area contributed by atoms with E-state index in [1.54, 1.807) is 0 Å². The predicted octanol–water partition coefficient (Wildman–Crippen LogP) is 3.30. The lowest BCUT2D eigenvalue weighted by Gasteiger charge is -2.34. The molecule has 1 aliphatic carbocycles. The summed E-state index contributed by atoms with van der Waals surface area (Å²) < 4.78 is 0. The fourth-order valence-corrected chi connectivity index (χ4v) is 2.73. The van der Waals surface area contributed by atoms with Crippen LogP contribution in [-0.2, 0) is 0 Å². The molecule has 0 aliphatic heterocycles. The maximum atomic E-state index is 2.44. The quantitative estimate of drug-likeness (QED) is 0.646. The third-order valence-corrected chi connectivity index (χ3v) is 3.44. The molecule has 0 aromatic rings. The first-order valence-electron chi connectivity index (χ1n) is 5.92. The molecule has 0 N–H and O–H groups in total. The van der Waals surface area contributed by atoms with Crippen LogP contribution in [0.1, 0.15) is 51.9 Å². The van der Waals surface area contributed by atoms with Gasteiger partial charge in [-0.25, -0.2) is 0 Å². The summed E-state index contributed by atoms with van der Waals surface area (Å²) in [7, 11) is 4.49. The van der Waals surface area contributed by atoms with Crippen LogP contribution in [-0.4, -0.2) is 25.0 Å². The Morgan fingerprint density at radius 2 is 1.77 bits per heavy atom. The van der Waals surface area contributed by atoms with Gasteiger partial charge in [-0.3, -0.25) is 0 Å². The molecule has 0 unspecified atom stereocenters. The zero-order valence-corrected chi connectivity index (χ0v) is 9.55. The van der Waals surface area contributed by atoms with Gasteiger partial charge in [0.2, 0.25) is 0 Å². The number of hydrogen-bond acceptors (Lipinski definition) is 1. The monoisotopic (exact) mass is 183 g/mol. The summed E-state index contributed by atoms with van der Waals surface area (Å²) in [5.74, 6) is 0.990. The number of nitrogens with zero attached hydrogens (tertiary/aromatic N) is 1. The SMILES string of the molecule is CCC[C@H](C1CCCCC1)N(C)C. The van der Waals surface area contributed by atoms with Gasteiger partial charge in [-0.1, -0.05) is 32.6 Å². The molecular formula is C12H25N. The van der Waals surface area contributed by atoms with Crippen molar-refractivity contribution < 1.29 is 0 Å². The van der Waals surface area contributed by atoms with Crippen molar-refractivity contribution >= 4 is 0 Å². The molecule has 78 valence electrons. The van der Waals surface area contributed by atoms with Gasteiger partial charge in [0, 0.05) is 6.04 Å². The normalized spacial score (nSPS) is 22.2. The zero-order valence-electron chi connectivity index (χ0n) is 9.55. The molecule has 0 heterocycles. The van der Waals surface area contributed by atoms with Crippen LogP contribution in [0.3, 0.4) is 0 Å². The second-order valence-electron chi connectivity index (χ2n) is 4.72. The molecule has 0 aromatic carbocycles. The average Bonchev–Trinajstić information content (AvgIpc) is 2.15. The Kier molecular flexibility index (Phi) is 4.79. The maximum Gasteiger partial charge on any atom is 0.0117 e. The molecule has 0 radical (unpaired) electrons. The summed E-state index contributed by atoms with van der Waals surface area (Å²) in [5.41, 5.74) is 0. The minimum atomic E-state index is 0.852. The third-order valence-electron chi connectivity index (χ3n) is 3.44. The Morgan fingerprint density at radius 3 is 2.23 bits per heavy atom. The molecule has 1 atom stereocenters. The van der Waals surface area contributed by atoms with Crippen molar-refractivity contribution in [3.05, 3.63) is 0 Å². The highest BCUT2D eigenvalue weighted by Crippen LogP contribution is 2.30. The van der Waals surface area contributed by atoms with Crippen LogP contribution in [0.25, 0.3) is 0 Å². The molecule has 1 aliphatic rings. The molecular weight excluding hydrogens is 158 g/mol. The van der Waals surface area contributed by atoms with Gasteiger partial charge in [0.05, 0.1) is 0 Å². The maximum absolute atomic E-state index is 2.44. The minimum absolute atomic E-state index is 0.852. The Morgan fingerprint density at radius 1 is 1.15 bits per heavy atom. The predicted molar refractivity (Wildman–Crippen MR) is 59.0 cm³/mol. The summed E-state index contributed by atoms with van der Waals surface area (Å²) in [6, 6.07) is 0.852. The van der Waals surface area contributed by atoms with Gasteiger partial charge in [0.1, 0.15) is 0 Å². The van der Waals surface area contributed by atoms with Crippen molar-refractivity contribution in [2.24, 2.45) is 5.92 Å². The van der Waals surface area contributed by atoms with E-state index in [9.17, 15) is 0 Å². The van der Waals surface area contributed by atoms with Gasteiger partial charge in [-0.2, -0.15) is 0 Å². The van der Waals surface area contributed by atoms with Crippen LogP contribution >= 0.6 is 0 Å². The van der Waals surface area contributed by atoms with E-state index in [0.717, 1.165) is 12.0 Å². The largest absolute Gasteiger partial charge is 0.306 e. The second kappa shape index (κ2) is 5.64. The summed E-state index contributed by atoms with van der Waals surface area (Å²) in [6.07, 6.45) is 10.1. The van der Waals surface area contributed by atoms with Crippen LogP contribution in [0.5, 0.6) is 0 Å².